The van der Waals surface area contributed by atoms with Crippen LogP contribution in [0.25, 0.3) is 0 Å². The van der Waals surface area contributed by atoms with E-state index in [-0.39, 0.29) is 17.8 Å². The summed E-state index contributed by atoms with van der Waals surface area (Å²) in [6, 6.07) is 3.77. The first-order chi connectivity index (χ1) is 12.2. The summed E-state index contributed by atoms with van der Waals surface area (Å²) in [4.78, 5) is 16.1. The standard InChI is InChI=1S/C21H31FN2O2/c1-15-10-16(17-12-24(13-17)20(25)26-21(2,3)4)11-19(22)18(15)14-23-8-6-5-7-9-23/h10-11,17H,5-9,12-14H2,1-4H3. The normalized spacial score (nSPS) is 19.3. The maximum Gasteiger partial charge on any atom is 0.410 e. The lowest BCUT2D eigenvalue weighted by Gasteiger charge is -2.40. The first kappa shape index (κ1) is 19.2. The van der Waals surface area contributed by atoms with Gasteiger partial charge in [0.05, 0.1) is 0 Å². The molecule has 2 saturated heterocycles. The lowest BCUT2D eigenvalue weighted by atomic mass is 9.89. The molecule has 2 heterocycles. The van der Waals surface area contributed by atoms with Crippen LogP contribution >= 0.6 is 0 Å². The molecule has 1 aromatic rings. The summed E-state index contributed by atoms with van der Waals surface area (Å²) < 4.78 is 20.1. The van der Waals surface area contributed by atoms with Crippen molar-refractivity contribution in [2.45, 2.75) is 65.0 Å². The summed E-state index contributed by atoms with van der Waals surface area (Å²) in [7, 11) is 0. The van der Waals surface area contributed by atoms with Crippen LogP contribution in [-0.4, -0.2) is 47.7 Å². The van der Waals surface area contributed by atoms with Crippen molar-refractivity contribution in [3.8, 4) is 0 Å². The monoisotopic (exact) mass is 362 g/mol. The Morgan fingerprint density at radius 1 is 1.19 bits per heavy atom. The van der Waals surface area contributed by atoms with Gasteiger partial charge in [-0.3, -0.25) is 4.90 Å². The zero-order valence-corrected chi connectivity index (χ0v) is 16.5. The minimum absolute atomic E-state index is 0.110. The van der Waals surface area contributed by atoms with E-state index in [1.165, 1.54) is 19.3 Å². The highest BCUT2D eigenvalue weighted by Crippen LogP contribution is 2.31. The van der Waals surface area contributed by atoms with E-state index < -0.39 is 5.60 Å². The molecule has 5 heteroatoms. The van der Waals surface area contributed by atoms with Gasteiger partial charge in [-0.15, -0.1) is 0 Å². The third kappa shape index (κ3) is 4.56. The van der Waals surface area contributed by atoms with Crippen molar-refractivity contribution in [2.75, 3.05) is 26.2 Å². The van der Waals surface area contributed by atoms with Crippen LogP contribution in [0, 0.1) is 12.7 Å². The number of nitrogens with zero attached hydrogens (tertiary/aromatic N) is 2. The molecule has 0 spiro atoms. The second-order valence-electron chi connectivity index (χ2n) is 8.72. The van der Waals surface area contributed by atoms with Gasteiger partial charge in [-0.1, -0.05) is 12.5 Å². The van der Waals surface area contributed by atoms with Crippen molar-refractivity contribution in [3.05, 3.63) is 34.6 Å². The van der Waals surface area contributed by atoms with Crippen LogP contribution in [0.5, 0.6) is 0 Å². The smallest absolute Gasteiger partial charge is 0.410 e. The van der Waals surface area contributed by atoms with Gasteiger partial charge in [0.1, 0.15) is 11.4 Å². The summed E-state index contributed by atoms with van der Waals surface area (Å²) in [5, 5.41) is 0. The highest BCUT2D eigenvalue weighted by molar-refractivity contribution is 5.69. The number of likely N-dealkylation sites (tertiary alicyclic amines) is 2. The Hall–Kier alpha value is -1.62. The summed E-state index contributed by atoms with van der Waals surface area (Å²) in [6.07, 6.45) is 3.42. The van der Waals surface area contributed by atoms with E-state index >= 15 is 0 Å². The average Bonchev–Trinajstić information content (AvgIpc) is 2.49. The molecular weight excluding hydrogens is 331 g/mol. The van der Waals surface area contributed by atoms with Gasteiger partial charge < -0.3 is 9.64 Å². The molecule has 1 amide bonds. The lowest BCUT2D eigenvalue weighted by Crippen LogP contribution is -2.50. The number of halogens is 1. The van der Waals surface area contributed by atoms with Gasteiger partial charge in [-0.2, -0.15) is 0 Å². The first-order valence-corrected chi connectivity index (χ1v) is 9.72. The van der Waals surface area contributed by atoms with Crippen molar-refractivity contribution in [1.82, 2.24) is 9.80 Å². The van der Waals surface area contributed by atoms with Crippen LogP contribution in [0.4, 0.5) is 9.18 Å². The maximum atomic E-state index is 14.7. The Morgan fingerprint density at radius 2 is 1.85 bits per heavy atom. The van der Waals surface area contributed by atoms with Gasteiger partial charge in [0, 0.05) is 31.1 Å². The largest absolute Gasteiger partial charge is 0.444 e. The summed E-state index contributed by atoms with van der Waals surface area (Å²) in [5.74, 6) is 0.0843. The molecule has 4 nitrogen and oxygen atoms in total. The SMILES string of the molecule is Cc1cc(C2CN(C(=O)OC(C)(C)C)C2)cc(F)c1CN1CCCCC1. The molecule has 0 aromatic heterocycles. The predicted molar refractivity (Wildman–Crippen MR) is 101 cm³/mol. The number of hydrogen-bond donors (Lipinski definition) is 0. The number of ether oxygens (including phenoxy) is 1. The molecule has 0 saturated carbocycles. The Bertz CT molecular complexity index is 633. The number of carbonyl (C=O) groups excluding carboxylic acids is 1. The van der Waals surface area contributed by atoms with Crippen LogP contribution in [-0.2, 0) is 11.3 Å². The van der Waals surface area contributed by atoms with E-state index in [0.717, 1.165) is 29.8 Å². The van der Waals surface area contributed by atoms with E-state index in [1.807, 2.05) is 27.7 Å². The number of benzene rings is 1. The molecule has 0 unspecified atom stereocenters. The predicted octanol–water partition coefficient (Wildman–Crippen LogP) is 4.45. The molecule has 0 aliphatic carbocycles. The number of hydrogen-bond acceptors (Lipinski definition) is 3. The fourth-order valence-corrected chi connectivity index (χ4v) is 3.74. The zero-order chi connectivity index (χ0) is 18.9. The summed E-state index contributed by atoms with van der Waals surface area (Å²) in [6.45, 7) is 11.6. The molecule has 144 valence electrons. The van der Waals surface area contributed by atoms with Crippen molar-refractivity contribution in [3.63, 3.8) is 0 Å². The van der Waals surface area contributed by atoms with Crippen LogP contribution in [0.15, 0.2) is 12.1 Å². The molecule has 0 bridgehead atoms. The highest BCUT2D eigenvalue weighted by Gasteiger charge is 2.35. The van der Waals surface area contributed by atoms with E-state index in [0.29, 0.717) is 19.6 Å². The fraction of sp³-hybridized carbons (Fsp3) is 0.667. The Morgan fingerprint density at radius 3 is 2.42 bits per heavy atom. The molecule has 2 aliphatic rings. The van der Waals surface area contributed by atoms with E-state index in [9.17, 15) is 9.18 Å². The van der Waals surface area contributed by atoms with Crippen molar-refractivity contribution >= 4 is 6.09 Å². The van der Waals surface area contributed by atoms with Crippen molar-refractivity contribution in [2.24, 2.45) is 0 Å². The lowest BCUT2D eigenvalue weighted by molar-refractivity contribution is 0.00818. The molecule has 1 aromatic carbocycles. The minimum atomic E-state index is -0.485. The van der Waals surface area contributed by atoms with Gasteiger partial charge in [-0.05, 0) is 70.8 Å². The molecule has 0 radical (unpaired) electrons. The van der Waals surface area contributed by atoms with Crippen LogP contribution in [0.1, 0.15) is 62.6 Å². The molecule has 0 atom stereocenters. The first-order valence-electron chi connectivity index (χ1n) is 9.72. The quantitative estimate of drug-likeness (QED) is 0.796. The number of rotatable bonds is 3. The molecule has 3 rings (SSSR count). The van der Waals surface area contributed by atoms with Crippen LogP contribution in [0.2, 0.25) is 0 Å². The van der Waals surface area contributed by atoms with Gasteiger partial charge >= 0.3 is 6.09 Å². The zero-order valence-electron chi connectivity index (χ0n) is 16.5. The second kappa shape index (κ2) is 7.55. The third-order valence-electron chi connectivity index (χ3n) is 5.28. The maximum absolute atomic E-state index is 14.7. The third-order valence-corrected chi connectivity index (χ3v) is 5.28. The molecule has 2 aliphatic heterocycles. The summed E-state index contributed by atoms with van der Waals surface area (Å²) in [5.41, 5.74) is 2.34. The molecule has 0 N–H and O–H groups in total. The number of aryl methyl sites for hydroxylation is 1. The molecular formula is C21H31FN2O2. The Balaban J connectivity index is 1.61. The highest BCUT2D eigenvalue weighted by atomic mass is 19.1. The summed E-state index contributed by atoms with van der Waals surface area (Å²) >= 11 is 0. The fourth-order valence-electron chi connectivity index (χ4n) is 3.74. The average molecular weight is 362 g/mol. The van der Waals surface area contributed by atoms with Gasteiger partial charge in [0.25, 0.3) is 0 Å². The van der Waals surface area contributed by atoms with Gasteiger partial charge in [-0.25, -0.2) is 9.18 Å². The molecule has 26 heavy (non-hydrogen) atoms. The van der Waals surface area contributed by atoms with E-state index in [2.05, 4.69) is 11.0 Å². The Kier molecular flexibility index (Phi) is 5.56. The number of piperidine rings is 1. The van der Waals surface area contributed by atoms with Crippen LogP contribution in [0.3, 0.4) is 0 Å². The Labute approximate surface area is 156 Å². The van der Waals surface area contributed by atoms with E-state index in [4.69, 9.17) is 4.74 Å². The second-order valence-corrected chi connectivity index (χ2v) is 8.72. The van der Waals surface area contributed by atoms with Gasteiger partial charge in [0.2, 0.25) is 0 Å². The van der Waals surface area contributed by atoms with Crippen molar-refractivity contribution < 1.29 is 13.9 Å². The number of amides is 1. The van der Waals surface area contributed by atoms with Gasteiger partial charge in [0.15, 0.2) is 0 Å². The van der Waals surface area contributed by atoms with Crippen LogP contribution < -0.4 is 0 Å². The van der Waals surface area contributed by atoms with E-state index in [1.54, 1.807) is 11.0 Å². The van der Waals surface area contributed by atoms with Crippen molar-refractivity contribution in [1.29, 1.82) is 0 Å². The number of carbonyl (C=O) groups is 1. The topological polar surface area (TPSA) is 32.8 Å². The molecule has 2 fully saturated rings. The minimum Gasteiger partial charge on any atom is -0.444 e.